The molecule has 8 heteroatoms. The summed E-state index contributed by atoms with van der Waals surface area (Å²) in [5.74, 6) is -0.687. The van der Waals surface area contributed by atoms with Crippen LogP contribution in [0.25, 0.3) is 0 Å². The number of hydrogen-bond donors (Lipinski definition) is 4. The number of nitrogens with two attached hydrogens (primary N) is 2. The molecule has 0 aromatic carbocycles. The average molecular weight is 220 g/mol. The molecule has 72 valence electrons. The second-order valence-electron chi connectivity index (χ2n) is 2.00. The highest BCUT2D eigenvalue weighted by atomic mass is 32.1. The summed E-state index contributed by atoms with van der Waals surface area (Å²) in [4.78, 5) is 20.8. The van der Waals surface area contributed by atoms with Gasteiger partial charge in [-0.15, -0.1) is 0 Å². The van der Waals surface area contributed by atoms with Gasteiger partial charge in [0.15, 0.2) is 10.2 Å². The maximum Gasteiger partial charge on any atom is 0.235 e. The summed E-state index contributed by atoms with van der Waals surface area (Å²) in [6.07, 6.45) is -0.125. The highest BCUT2D eigenvalue weighted by Crippen LogP contribution is 1.86. The van der Waals surface area contributed by atoms with E-state index in [0.29, 0.717) is 0 Å². The Labute approximate surface area is 85.0 Å². The minimum absolute atomic E-state index is 0.000000000000000222. The molecule has 0 unspecified atom stereocenters. The van der Waals surface area contributed by atoms with E-state index in [1.165, 1.54) is 0 Å². The summed E-state index contributed by atoms with van der Waals surface area (Å²) in [7, 11) is 0. The quantitative estimate of drug-likeness (QED) is 0.280. The Balaban J connectivity index is 0.000000310. The van der Waals surface area contributed by atoms with Gasteiger partial charge in [0.05, 0.1) is 0 Å². The molecule has 0 spiro atoms. The fraction of sp³-hybridized carbons (Fsp3) is 0.200. The van der Waals surface area contributed by atoms with E-state index in [9.17, 15) is 9.59 Å². The highest BCUT2D eigenvalue weighted by molar-refractivity contribution is 7.80. The van der Waals surface area contributed by atoms with Gasteiger partial charge >= 0.3 is 0 Å². The van der Waals surface area contributed by atoms with Crippen LogP contribution in [0.15, 0.2) is 0 Å². The van der Waals surface area contributed by atoms with Crippen LogP contribution >= 0.6 is 24.4 Å². The molecule has 2 amide bonds. The van der Waals surface area contributed by atoms with E-state index in [1.54, 1.807) is 0 Å². The normalized spacial score (nSPS) is 14.9. The van der Waals surface area contributed by atoms with Gasteiger partial charge in [-0.25, -0.2) is 0 Å². The van der Waals surface area contributed by atoms with E-state index in [4.69, 9.17) is 0 Å². The van der Waals surface area contributed by atoms with Crippen molar-refractivity contribution in [3.63, 3.8) is 0 Å². The Bertz CT molecular complexity index is 216. The molecule has 0 atom stereocenters. The minimum Gasteiger partial charge on any atom is -0.377 e. The fourth-order valence-corrected chi connectivity index (χ4v) is 0.746. The number of thiocarbonyl (C=S) groups is 2. The predicted octanol–water partition coefficient (Wildman–Crippen LogP) is -1.90. The lowest BCUT2D eigenvalue weighted by Gasteiger charge is -2.12. The van der Waals surface area contributed by atoms with Crippen molar-refractivity contribution in [1.29, 1.82) is 0 Å². The molecule has 6 N–H and O–H groups in total. The van der Waals surface area contributed by atoms with Crippen LogP contribution in [0.3, 0.4) is 0 Å². The lowest BCUT2D eigenvalue weighted by atomic mass is 10.3. The van der Waals surface area contributed by atoms with Crippen LogP contribution in [0, 0.1) is 0 Å². The van der Waals surface area contributed by atoms with Gasteiger partial charge in [0.2, 0.25) is 11.8 Å². The first-order valence-corrected chi connectivity index (χ1v) is 3.92. The molecule has 1 saturated heterocycles. The fourth-order valence-electron chi connectivity index (χ4n) is 0.519. The third-order valence-electron chi connectivity index (χ3n) is 0.827. The lowest BCUT2D eigenvalue weighted by molar-refractivity contribution is -0.129. The number of nitrogens with one attached hydrogen (secondary N) is 2. The Hall–Kier alpha value is -1.28. The van der Waals surface area contributed by atoms with Gasteiger partial charge in [-0.2, -0.15) is 0 Å². The van der Waals surface area contributed by atoms with Gasteiger partial charge < -0.3 is 22.1 Å². The topological polar surface area (TPSA) is 110 Å². The standard InChI is InChI=1S/C4H4N2O2S.CH4N2S/c7-2-1-3(8)6-4(9)5-2;2-1(3)4/h1H2,(H2,5,6,7,8,9);(H4,2,3,4). The third-order valence-corrected chi connectivity index (χ3v) is 1.03. The SMILES string of the molecule is NC(N)=S.O=C1CC(=O)NC(=S)N1. The van der Waals surface area contributed by atoms with Crippen molar-refractivity contribution < 1.29 is 9.59 Å². The van der Waals surface area contributed by atoms with Crippen molar-refractivity contribution in [3.8, 4) is 0 Å². The van der Waals surface area contributed by atoms with Crippen molar-refractivity contribution in [3.05, 3.63) is 0 Å². The minimum atomic E-state index is -0.344. The number of carbonyl (C=O) groups is 2. The molecular formula is C5H8N4O2S2. The number of carbonyl (C=O) groups excluding carboxylic acids is 2. The molecule has 6 nitrogen and oxygen atoms in total. The van der Waals surface area contributed by atoms with Gasteiger partial charge in [0.1, 0.15) is 6.42 Å². The molecule has 13 heavy (non-hydrogen) atoms. The van der Waals surface area contributed by atoms with Crippen LogP contribution in [0.5, 0.6) is 0 Å². The second-order valence-corrected chi connectivity index (χ2v) is 2.88. The Kier molecular flexibility index (Phi) is 4.85. The van der Waals surface area contributed by atoms with E-state index in [0.717, 1.165) is 0 Å². The summed E-state index contributed by atoms with van der Waals surface area (Å²) >= 11 is 8.59. The molecule has 0 aromatic heterocycles. The van der Waals surface area contributed by atoms with Crippen LogP contribution in [0.1, 0.15) is 6.42 Å². The second kappa shape index (κ2) is 5.38. The van der Waals surface area contributed by atoms with Crippen LogP contribution in [-0.4, -0.2) is 22.0 Å². The molecule has 1 rings (SSSR count). The number of rotatable bonds is 0. The molecule has 0 aliphatic carbocycles. The maximum absolute atomic E-state index is 10.4. The van der Waals surface area contributed by atoms with Gasteiger partial charge in [0, 0.05) is 0 Å². The summed E-state index contributed by atoms with van der Waals surface area (Å²) in [5.41, 5.74) is 9.24. The third kappa shape index (κ3) is 7.09. The number of amides is 2. The first-order valence-electron chi connectivity index (χ1n) is 3.10. The molecule has 0 radical (unpaired) electrons. The average Bonchev–Trinajstić information content (AvgIpc) is 1.80. The summed E-state index contributed by atoms with van der Waals surface area (Å²) in [5, 5.41) is 4.63. The van der Waals surface area contributed by atoms with Crippen molar-refractivity contribution in [2.75, 3.05) is 0 Å². The lowest BCUT2D eigenvalue weighted by Crippen LogP contribution is -2.49. The van der Waals surface area contributed by atoms with E-state index >= 15 is 0 Å². The van der Waals surface area contributed by atoms with E-state index in [1.807, 2.05) is 0 Å². The smallest absolute Gasteiger partial charge is 0.235 e. The van der Waals surface area contributed by atoms with Gasteiger partial charge in [-0.05, 0) is 24.4 Å². The monoisotopic (exact) mass is 220 g/mol. The predicted molar refractivity (Wildman–Crippen MR) is 54.5 cm³/mol. The molecule has 1 aliphatic rings. The molecule has 1 fully saturated rings. The number of hydrogen-bond acceptors (Lipinski definition) is 4. The van der Waals surface area contributed by atoms with Gasteiger partial charge in [-0.3, -0.25) is 9.59 Å². The van der Waals surface area contributed by atoms with Crippen LogP contribution in [-0.2, 0) is 9.59 Å². The zero-order valence-electron chi connectivity index (χ0n) is 6.49. The highest BCUT2D eigenvalue weighted by Gasteiger charge is 2.17. The molecule has 0 bridgehead atoms. The van der Waals surface area contributed by atoms with Crippen LogP contribution in [0.4, 0.5) is 0 Å². The Morgan fingerprint density at radius 2 is 1.54 bits per heavy atom. The van der Waals surface area contributed by atoms with Crippen molar-refractivity contribution in [2.45, 2.75) is 6.42 Å². The Morgan fingerprint density at radius 1 is 1.23 bits per heavy atom. The largest absolute Gasteiger partial charge is 0.377 e. The summed E-state index contributed by atoms with van der Waals surface area (Å²) in [6.45, 7) is 0. The maximum atomic E-state index is 10.4. The Morgan fingerprint density at radius 3 is 1.77 bits per heavy atom. The zero-order chi connectivity index (χ0) is 10.4. The molecule has 0 saturated carbocycles. The van der Waals surface area contributed by atoms with Crippen molar-refractivity contribution in [1.82, 2.24) is 10.6 Å². The molecule has 0 aromatic rings. The molecule has 1 heterocycles. The molecule has 1 aliphatic heterocycles. The van der Waals surface area contributed by atoms with E-state index in [2.05, 4.69) is 46.5 Å². The van der Waals surface area contributed by atoms with Crippen molar-refractivity contribution >= 4 is 46.5 Å². The van der Waals surface area contributed by atoms with Crippen molar-refractivity contribution in [2.24, 2.45) is 11.5 Å². The zero-order valence-corrected chi connectivity index (χ0v) is 8.13. The van der Waals surface area contributed by atoms with Gasteiger partial charge in [0.25, 0.3) is 0 Å². The summed E-state index contributed by atoms with van der Waals surface area (Å²) in [6, 6.07) is 0. The summed E-state index contributed by atoms with van der Waals surface area (Å²) < 4.78 is 0. The van der Waals surface area contributed by atoms with Crippen LogP contribution < -0.4 is 22.1 Å². The van der Waals surface area contributed by atoms with E-state index in [-0.39, 0.29) is 28.5 Å². The first-order chi connectivity index (χ1) is 5.91. The van der Waals surface area contributed by atoms with Gasteiger partial charge in [-0.1, -0.05) is 0 Å². The van der Waals surface area contributed by atoms with E-state index < -0.39 is 0 Å². The van der Waals surface area contributed by atoms with Crippen LogP contribution in [0.2, 0.25) is 0 Å². The molecular weight excluding hydrogens is 212 g/mol. The first kappa shape index (κ1) is 11.7.